The van der Waals surface area contributed by atoms with Crippen LogP contribution in [0.3, 0.4) is 0 Å². The van der Waals surface area contributed by atoms with Crippen LogP contribution in [0.1, 0.15) is 62.1 Å². The second-order valence-corrected chi connectivity index (χ2v) is 12.2. The normalized spacial score (nSPS) is 17.2. The van der Waals surface area contributed by atoms with E-state index in [1.54, 1.807) is 18.3 Å². The van der Waals surface area contributed by atoms with Gasteiger partial charge in [0, 0.05) is 37.0 Å². The van der Waals surface area contributed by atoms with Gasteiger partial charge in [-0.05, 0) is 55.5 Å². The summed E-state index contributed by atoms with van der Waals surface area (Å²) in [6.45, 7) is 6.88. The molecule has 1 aromatic heterocycles. The number of nitrogens with zero attached hydrogens (tertiary/aromatic N) is 2. The minimum absolute atomic E-state index is 0.195. The third kappa shape index (κ3) is 8.01. The van der Waals surface area contributed by atoms with Crippen LogP contribution in [0.5, 0.6) is 0 Å². The summed E-state index contributed by atoms with van der Waals surface area (Å²) in [6.07, 6.45) is 4.33. The predicted octanol–water partition coefficient (Wildman–Crippen LogP) is 4.09. The lowest BCUT2D eigenvalue weighted by Crippen LogP contribution is -2.53. The Morgan fingerprint density at radius 1 is 1.10 bits per heavy atom. The Hall–Kier alpha value is -3.56. The molecule has 4 N–H and O–H groups in total. The lowest BCUT2D eigenvalue weighted by atomic mass is 9.90. The molecule has 8 nitrogen and oxygen atoms in total. The minimum atomic E-state index is -0.777. The van der Waals surface area contributed by atoms with E-state index in [4.69, 9.17) is 10.7 Å². The van der Waals surface area contributed by atoms with E-state index in [1.807, 2.05) is 49.5 Å². The number of amides is 3. The molecular weight excluding hydrogens is 534 g/mol. The summed E-state index contributed by atoms with van der Waals surface area (Å²) >= 11 is 1.56. The summed E-state index contributed by atoms with van der Waals surface area (Å²) in [7, 11) is 1.98. The number of thiazole rings is 1. The number of carbonyl (C=O) groups excluding carboxylic acids is 3. The van der Waals surface area contributed by atoms with Gasteiger partial charge in [0.2, 0.25) is 17.7 Å². The largest absolute Gasteiger partial charge is 0.366 e. The Labute approximate surface area is 246 Å². The fourth-order valence-corrected chi connectivity index (χ4v) is 6.36. The van der Waals surface area contributed by atoms with Crippen LogP contribution in [-0.2, 0) is 27.2 Å². The van der Waals surface area contributed by atoms with Gasteiger partial charge in [-0.3, -0.25) is 19.3 Å². The van der Waals surface area contributed by atoms with Gasteiger partial charge in [-0.2, -0.15) is 0 Å². The number of fused-ring (bicyclic) bond motifs is 1. The van der Waals surface area contributed by atoms with Crippen LogP contribution in [0.25, 0.3) is 10.2 Å². The molecule has 218 valence electrons. The van der Waals surface area contributed by atoms with Crippen molar-refractivity contribution >= 4 is 39.3 Å². The van der Waals surface area contributed by atoms with Gasteiger partial charge in [-0.25, -0.2) is 4.98 Å². The molecule has 0 aliphatic carbocycles. The molecule has 3 aromatic rings. The van der Waals surface area contributed by atoms with Gasteiger partial charge in [0.15, 0.2) is 0 Å². The molecule has 0 saturated heterocycles. The third-order valence-corrected chi connectivity index (χ3v) is 8.72. The molecule has 41 heavy (non-hydrogen) atoms. The van der Waals surface area contributed by atoms with Gasteiger partial charge in [0.25, 0.3) is 0 Å². The second-order valence-electron chi connectivity index (χ2n) is 11.1. The molecule has 2 aromatic carbocycles. The number of likely N-dealkylation sites (N-methyl/N-ethyl adjacent to an activating group) is 1. The molecule has 0 spiro atoms. The Kier molecular flexibility index (Phi) is 10.3. The minimum Gasteiger partial charge on any atom is -0.366 e. The van der Waals surface area contributed by atoms with Crippen LogP contribution in [0.4, 0.5) is 0 Å². The van der Waals surface area contributed by atoms with Crippen molar-refractivity contribution in [3.63, 3.8) is 0 Å². The van der Waals surface area contributed by atoms with Crippen LogP contribution in [-0.4, -0.2) is 59.3 Å². The van der Waals surface area contributed by atoms with Crippen molar-refractivity contribution in [1.29, 1.82) is 0 Å². The highest BCUT2D eigenvalue weighted by atomic mass is 32.1. The Morgan fingerprint density at radius 3 is 2.54 bits per heavy atom. The number of aromatic nitrogens is 1. The number of primary amides is 1. The van der Waals surface area contributed by atoms with Crippen molar-refractivity contribution in [2.45, 2.75) is 76.9 Å². The monoisotopic (exact) mass is 575 g/mol. The lowest BCUT2D eigenvalue weighted by molar-refractivity contribution is -0.129. The lowest BCUT2D eigenvalue weighted by Gasteiger charge is -2.35. The highest BCUT2D eigenvalue weighted by Gasteiger charge is 2.31. The van der Waals surface area contributed by atoms with E-state index in [1.165, 1.54) is 5.56 Å². The first-order valence-corrected chi connectivity index (χ1v) is 15.2. The van der Waals surface area contributed by atoms with Crippen LogP contribution >= 0.6 is 11.3 Å². The van der Waals surface area contributed by atoms with Gasteiger partial charge in [-0.1, -0.05) is 63.2 Å². The van der Waals surface area contributed by atoms with Crippen molar-refractivity contribution in [3.05, 3.63) is 76.3 Å². The first kappa shape index (κ1) is 30.4. The molecular formula is C32H41N5O3S. The zero-order chi connectivity index (χ0) is 29.5. The van der Waals surface area contributed by atoms with Crippen LogP contribution in [0.15, 0.2) is 60.2 Å². The fourth-order valence-electron chi connectivity index (χ4n) is 5.30. The van der Waals surface area contributed by atoms with Crippen molar-refractivity contribution < 1.29 is 14.4 Å². The molecule has 4 rings (SSSR count). The topological polar surface area (TPSA) is 117 Å². The van der Waals surface area contributed by atoms with E-state index in [9.17, 15) is 14.4 Å². The Balaban J connectivity index is 1.58. The van der Waals surface area contributed by atoms with Crippen LogP contribution < -0.4 is 16.4 Å². The van der Waals surface area contributed by atoms with E-state index < -0.39 is 11.9 Å². The maximum atomic E-state index is 13.8. The zero-order valence-corrected chi connectivity index (χ0v) is 25.2. The molecule has 0 fully saturated rings. The van der Waals surface area contributed by atoms with Crippen LogP contribution in [0, 0.1) is 0 Å². The first-order chi connectivity index (χ1) is 19.6. The quantitative estimate of drug-likeness (QED) is 0.301. The molecule has 1 aliphatic heterocycles. The van der Waals surface area contributed by atoms with E-state index in [0.717, 1.165) is 33.8 Å². The maximum absolute atomic E-state index is 13.8. The molecule has 1 aliphatic rings. The first-order valence-electron chi connectivity index (χ1n) is 14.4. The average Bonchev–Trinajstić information content (AvgIpc) is 3.35. The molecule has 9 heteroatoms. The van der Waals surface area contributed by atoms with Crippen LogP contribution in [0.2, 0.25) is 0 Å². The molecule has 0 bridgehead atoms. The highest BCUT2D eigenvalue weighted by molar-refractivity contribution is 7.18. The van der Waals surface area contributed by atoms with Crippen molar-refractivity contribution in [2.24, 2.45) is 5.73 Å². The molecule has 1 unspecified atom stereocenters. The number of benzene rings is 2. The summed E-state index contributed by atoms with van der Waals surface area (Å²) in [5.41, 5.74) is 9.52. The summed E-state index contributed by atoms with van der Waals surface area (Å²) in [5, 5.41) is 6.93. The molecule has 3 atom stereocenters. The highest BCUT2D eigenvalue weighted by Crippen LogP contribution is 2.27. The maximum Gasteiger partial charge on any atom is 0.245 e. The molecule has 0 radical (unpaired) electrons. The Morgan fingerprint density at radius 2 is 1.85 bits per heavy atom. The number of hydrogen-bond acceptors (Lipinski definition) is 6. The SMILES string of the molecule is CCC(=O)N[C@@H](Cc1nc2ccc(C(C)C)cc2s1)C(=O)N[C@@H](Cc1ccccc1)CC1C(C(N)=O)=CCCN1C. The zero-order valence-electron chi connectivity index (χ0n) is 24.4. The van der Waals surface area contributed by atoms with Gasteiger partial charge < -0.3 is 16.4 Å². The van der Waals surface area contributed by atoms with Crippen molar-refractivity contribution in [2.75, 3.05) is 13.6 Å². The average molecular weight is 576 g/mol. The smallest absolute Gasteiger partial charge is 0.245 e. The van der Waals surface area contributed by atoms with Gasteiger partial charge in [-0.15, -0.1) is 11.3 Å². The van der Waals surface area contributed by atoms with E-state index in [0.29, 0.717) is 30.8 Å². The summed E-state index contributed by atoms with van der Waals surface area (Å²) in [6, 6.07) is 14.9. The second kappa shape index (κ2) is 13.9. The summed E-state index contributed by atoms with van der Waals surface area (Å²) < 4.78 is 1.07. The standard InChI is InChI=1S/C32H41N5O3S/c1-5-29(38)35-26(19-30-36-25-14-13-22(20(2)3)17-28(25)41-30)32(40)34-23(16-21-10-7-6-8-11-21)18-27-24(31(33)39)12-9-15-37(27)4/h6-8,10-14,17,20,23,26-27H,5,9,15-16,18-19H2,1-4H3,(H2,33,39)(H,34,40)(H,35,38)/t23-,26-,27?/m0/s1. The number of carbonyl (C=O) groups is 3. The third-order valence-electron chi connectivity index (χ3n) is 7.68. The summed E-state index contributed by atoms with van der Waals surface area (Å²) in [4.78, 5) is 45.5. The fraction of sp³-hybridized carbons (Fsp3) is 0.438. The van der Waals surface area contributed by atoms with Gasteiger partial charge in [0.1, 0.15) is 6.04 Å². The number of nitrogens with two attached hydrogens (primary N) is 1. The molecule has 2 heterocycles. The predicted molar refractivity (Wildman–Crippen MR) is 165 cm³/mol. The number of rotatable bonds is 12. The van der Waals surface area contributed by atoms with Gasteiger partial charge in [0.05, 0.1) is 15.2 Å². The van der Waals surface area contributed by atoms with Crippen molar-refractivity contribution in [3.8, 4) is 0 Å². The molecule has 3 amide bonds. The molecule has 0 saturated carbocycles. The van der Waals surface area contributed by atoms with Crippen molar-refractivity contribution in [1.82, 2.24) is 20.5 Å². The Bertz CT molecular complexity index is 1400. The summed E-state index contributed by atoms with van der Waals surface area (Å²) in [5.74, 6) is -0.491. The number of nitrogens with one attached hydrogen (secondary N) is 2. The number of hydrogen-bond donors (Lipinski definition) is 3. The van der Waals surface area contributed by atoms with E-state index >= 15 is 0 Å². The van der Waals surface area contributed by atoms with E-state index in [-0.39, 0.29) is 30.3 Å². The van der Waals surface area contributed by atoms with E-state index in [2.05, 4.69) is 41.5 Å². The van der Waals surface area contributed by atoms with Gasteiger partial charge >= 0.3 is 0 Å².